The van der Waals surface area contributed by atoms with Gasteiger partial charge in [-0.25, -0.2) is 4.98 Å². The lowest BCUT2D eigenvalue weighted by Crippen LogP contribution is -2.35. The third-order valence-corrected chi connectivity index (χ3v) is 7.69. The fourth-order valence-electron chi connectivity index (χ4n) is 4.03. The van der Waals surface area contributed by atoms with Gasteiger partial charge in [-0.15, -0.1) is 22.7 Å². The minimum absolute atomic E-state index is 0.0415. The van der Waals surface area contributed by atoms with Crippen molar-refractivity contribution in [1.82, 2.24) is 14.9 Å². The first-order valence-electron chi connectivity index (χ1n) is 9.99. The molecule has 1 unspecified atom stereocenters. The monoisotopic (exact) mass is 435 g/mol. The normalized spacial score (nSPS) is 14.0. The van der Waals surface area contributed by atoms with Crippen molar-refractivity contribution in [2.75, 3.05) is 0 Å². The third-order valence-electron chi connectivity index (χ3n) is 5.55. The SMILES string of the molecule is Cc1ccc(C(NC(=O)Cn2cnc3sc4c(c3c2=O)CCC4)c2cccs2)cc1. The Labute approximate surface area is 182 Å². The van der Waals surface area contributed by atoms with Gasteiger partial charge in [-0.3, -0.25) is 14.2 Å². The molecule has 5 rings (SSSR count). The Bertz CT molecular complexity index is 1270. The molecule has 30 heavy (non-hydrogen) atoms. The summed E-state index contributed by atoms with van der Waals surface area (Å²) in [5.41, 5.74) is 3.22. The molecule has 1 amide bonds. The van der Waals surface area contributed by atoms with E-state index in [9.17, 15) is 9.59 Å². The number of thiophene rings is 2. The summed E-state index contributed by atoms with van der Waals surface area (Å²) in [5.74, 6) is -0.205. The summed E-state index contributed by atoms with van der Waals surface area (Å²) in [6.45, 7) is 2.00. The van der Waals surface area contributed by atoms with Gasteiger partial charge in [-0.05, 0) is 48.8 Å². The molecule has 0 fully saturated rings. The molecule has 1 aromatic carbocycles. The molecule has 0 saturated heterocycles. The average molecular weight is 436 g/mol. The first-order valence-corrected chi connectivity index (χ1v) is 11.7. The van der Waals surface area contributed by atoms with Gasteiger partial charge in [-0.1, -0.05) is 35.9 Å². The predicted molar refractivity (Wildman–Crippen MR) is 121 cm³/mol. The lowest BCUT2D eigenvalue weighted by atomic mass is 10.0. The van der Waals surface area contributed by atoms with Gasteiger partial charge >= 0.3 is 0 Å². The molecule has 1 N–H and O–H groups in total. The number of carbonyl (C=O) groups is 1. The molecule has 3 aromatic heterocycles. The quantitative estimate of drug-likeness (QED) is 0.510. The zero-order valence-corrected chi connectivity index (χ0v) is 18.2. The number of benzene rings is 1. The second-order valence-corrected chi connectivity index (χ2v) is 9.70. The van der Waals surface area contributed by atoms with Crippen molar-refractivity contribution in [3.05, 3.63) is 84.9 Å². The average Bonchev–Trinajstić information content (AvgIpc) is 3.46. The summed E-state index contributed by atoms with van der Waals surface area (Å²) in [5, 5.41) is 5.82. The van der Waals surface area contributed by atoms with Crippen LogP contribution in [0.25, 0.3) is 10.2 Å². The standard InChI is InChI=1S/C23H21N3O2S2/c1-14-7-9-15(10-8-14)21(18-6-3-11-29-18)25-19(27)12-26-13-24-22-20(23(26)28)16-4-2-5-17(16)30-22/h3,6-11,13,21H,2,4-5,12H2,1H3,(H,25,27). The first kappa shape index (κ1) is 19.2. The highest BCUT2D eigenvalue weighted by Gasteiger charge is 2.23. The molecule has 1 aliphatic rings. The van der Waals surface area contributed by atoms with Gasteiger partial charge in [0.05, 0.1) is 17.8 Å². The van der Waals surface area contributed by atoms with Crippen molar-refractivity contribution >= 4 is 38.8 Å². The fourth-order valence-corrected chi connectivity index (χ4v) is 6.05. The van der Waals surface area contributed by atoms with Crippen LogP contribution >= 0.6 is 22.7 Å². The Hall–Kier alpha value is -2.77. The summed E-state index contributed by atoms with van der Waals surface area (Å²) in [6.07, 6.45) is 4.54. The molecule has 0 spiro atoms. The molecular formula is C23H21N3O2S2. The van der Waals surface area contributed by atoms with Crippen molar-refractivity contribution in [3.63, 3.8) is 0 Å². The van der Waals surface area contributed by atoms with Crippen molar-refractivity contribution in [2.45, 2.75) is 38.8 Å². The molecule has 0 aliphatic heterocycles. The van der Waals surface area contributed by atoms with Crippen LogP contribution in [0.15, 0.2) is 52.9 Å². The zero-order chi connectivity index (χ0) is 20.7. The molecule has 4 aromatic rings. The molecule has 7 heteroatoms. The number of hydrogen-bond acceptors (Lipinski definition) is 5. The van der Waals surface area contributed by atoms with Gasteiger partial charge < -0.3 is 5.32 Å². The van der Waals surface area contributed by atoms with Gasteiger partial charge in [0.15, 0.2) is 0 Å². The van der Waals surface area contributed by atoms with E-state index >= 15 is 0 Å². The summed E-state index contributed by atoms with van der Waals surface area (Å²) >= 11 is 3.22. The molecule has 1 aliphatic carbocycles. The minimum Gasteiger partial charge on any atom is -0.343 e. The molecule has 5 nitrogen and oxygen atoms in total. The van der Waals surface area contributed by atoms with E-state index in [0.717, 1.165) is 40.1 Å². The Balaban J connectivity index is 1.42. The number of nitrogens with zero attached hydrogens (tertiary/aromatic N) is 2. The smallest absolute Gasteiger partial charge is 0.262 e. The molecule has 0 radical (unpaired) electrons. The van der Waals surface area contributed by atoms with E-state index in [1.165, 1.54) is 21.3 Å². The molecule has 0 bridgehead atoms. The number of aromatic nitrogens is 2. The van der Waals surface area contributed by atoms with Gasteiger partial charge in [0.2, 0.25) is 5.91 Å². The van der Waals surface area contributed by atoms with Crippen molar-refractivity contribution in [1.29, 1.82) is 0 Å². The highest BCUT2D eigenvalue weighted by molar-refractivity contribution is 7.18. The van der Waals surface area contributed by atoms with Crippen LogP contribution in [0, 0.1) is 6.92 Å². The number of fused-ring (bicyclic) bond motifs is 3. The number of aryl methyl sites for hydroxylation is 3. The zero-order valence-electron chi connectivity index (χ0n) is 16.6. The highest BCUT2D eigenvalue weighted by Crippen LogP contribution is 2.34. The van der Waals surface area contributed by atoms with Crippen LogP contribution in [0.2, 0.25) is 0 Å². The van der Waals surface area contributed by atoms with Crippen molar-refractivity contribution in [3.8, 4) is 0 Å². The topological polar surface area (TPSA) is 64.0 Å². The third kappa shape index (κ3) is 3.48. The van der Waals surface area contributed by atoms with Crippen molar-refractivity contribution < 1.29 is 4.79 Å². The van der Waals surface area contributed by atoms with Crippen LogP contribution in [0.1, 0.15) is 38.9 Å². The molecular weight excluding hydrogens is 414 g/mol. The maximum atomic E-state index is 13.1. The number of nitrogens with one attached hydrogen (secondary N) is 1. The molecule has 1 atom stereocenters. The van der Waals surface area contributed by atoms with E-state index in [1.807, 2.05) is 48.7 Å². The first-order chi connectivity index (χ1) is 14.6. The Morgan fingerprint density at radius 2 is 2.07 bits per heavy atom. The van der Waals surface area contributed by atoms with E-state index in [1.54, 1.807) is 22.7 Å². The second-order valence-electron chi connectivity index (χ2n) is 7.64. The summed E-state index contributed by atoms with van der Waals surface area (Å²) < 4.78 is 1.43. The van der Waals surface area contributed by atoms with Crippen LogP contribution < -0.4 is 10.9 Å². The fraction of sp³-hybridized carbons (Fsp3) is 0.261. The Kier molecular flexibility index (Phi) is 5.00. The summed E-state index contributed by atoms with van der Waals surface area (Å²) in [6, 6.07) is 11.9. The van der Waals surface area contributed by atoms with Gasteiger partial charge in [0, 0.05) is 9.75 Å². The largest absolute Gasteiger partial charge is 0.343 e. The van der Waals surface area contributed by atoms with Crippen LogP contribution in [0.4, 0.5) is 0 Å². The lowest BCUT2D eigenvalue weighted by Gasteiger charge is -2.19. The van der Waals surface area contributed by atoms with Gasteiger partial charge in [-0.2, -0.15) is 0 Å². The van der Waals surface area contributed by atoms with E-state index < -0.39 is 0 Å². The van der Waals surface area contributed by atoms with Gasteiger partial charge in [0.25, 0.3) is 5.56 Å². The minimum atomic E-state index is -0.240. The number of carbonyl (C=O) groups excluding carboxylic acids is 1. The summed E-state index contributed by atoms with van der Waals surface area (Å²) in [7, 11) is 0. The summed E-state index contributed by atoms with van der Waals surface area (Å²) in [4.78, 5) is 33.6. The maximum absolute atomic E-state index is 13.1. The Morgan fingerprint density at radius 1 is 1.23 bits per heavy atom. The van der Waals surface area contributed by atoms with Crippen LogP contribution in [-0.2, 0) is 24.2 Å². The van der Waals surface area contributed by atoms with Crippen LogP contribution in [0.3, 0.4) is 0 Å². The number of amides is 1. The lowest BCUT2D eigenvalue weighted by molar-refractivity contribution is -0.122. The van der Waals surface area contributed by atoms with E-state index in [0.29, 0.717) is 5.39 Å². The second kappa shape index (κ2) is 7.81. The van der Waals surface area contributed by atoms with Crippen molar-refractivity contribution in [2.24, 2.45) is 0 Å². The Morgan fingerprint density at radius 3 is 2.83 bits per heavy atom. The van der Waals surface area contributed by atoms with E-state index in [-0.39, 0.29) is 24.1 Å². The predicted octanol–water partition coefficient (Wildman–Crippen LogP) is 4.22. The number of rotatable bonds is 5. The van der Waals surface area contributed by atoms with E-state index in [4.69, 9.17) is 0 Å². The van der Waals surface area contributed by atoms with Crippen LogP contribution in [0.5, 0.6) is 0 Å². The molecule has 0 saturated carbocycles. The number of hydrogen-bond donors (Lipinski definition) is 1. The highest BCUT2D eigenvalue weighted by atomic mass is 32.1. The van der Waals surface area contributed by atoms with Gasteiger partial charge in [0.1, 0.15) is 11.4 Å². The molecule has 3 heterocycles. The van der Waals surface area contributed by atoms with E-state index in [2.05, 4.69) is 10.3 Å². The maximum Gasteiger partial charge on any atom is 0.262 e. The van der Waals surface area contributed by atoms with Crippen LogP contribution in [-0.4, -0.2) is 15.5 Å². The molecule has 152 valence electrons.